The molecule has 0 fully saturated rings. The van der Waals surface area contributed by atoms with E-state index in [-0.39, 0.29) is 0 Å². The van der Waals surface area contributed by atoms with Crippen molar-refractivity contribution in [2.75, 3.05) is 0 Å². The molecule has 0 atom stereocenters. The first kappa shape index (κ1) is 11.1. The maximum Gasteiger partial charge on any atom is 0.328 e. The molecule has 0 spiro atoms. The lowest BCUT2D eigenvalue weighted by molar-refractivity contribution is -0.131. The summed E-state index contributed by atoms with van der Waals surface area (Å²) in [6.45, 7) is 3.07. The van der Waals surface area contributed by atoms with Crippen LogP contribution in [0.2, 0.25) is 0 Å². The summed E-state index contributed by atoms with van der Waals surface area (Å²) < 4.78 is 2.23. The number of hydrogen-bond acceptors (Lipinski definition) is 1. The van der Waals surface area contributed by atoms with Crippen molar-refractivity contribution in [3.8, 4) is 0 Å². The fraction of sp³-hybridized carbons (Fsp3) is 0.267. The van der Waals surface area contributed by atoms with Gasteiger partial charge in [0, 0.05) is 29.7 Å². The summed E-state index contributed by atoms with van der Waals surface area (Å²) in [5.41, 5.74) is 4.57. The third-order valence-electron chi connectivity index (χ3n) is 3.63. The molecule has 3 nitrogen and oxygen atoms in total. The maximum absolute atomic E-state index is 10.9. The Bertz CT molecular complexity index is 664. The van der Waals surface area contributed by atoms with Crippen LogP contribution >= 0.6 is 0 Å². The van der Waals surface area contributed by atoms with Crippen LogP contribution in [0.3, 0.4) is 0 Å². The highest BCUT2D eigenvalue weighted by Crippen LogP contribution is 2.37. The Morgan fingerprint density at radius 1 is 1.44 bits per heavy atom. The van der Waals surface area contributed by atoms with Crippen molar-refractivity contribution in [2.45, 2.75) is 26.3 Å². The zero-order chi connectivity index (χ0) is 12.7. The standard InChI is InChI=1S/C15H15NO2/c1-2-16-9-11-7-6-10(8-14(17)18)12-4-3-5-13(16)15(11)12/h3-5,8-9H,2,6-7H2,1H3,(H,17,18)/b10-8+. The quantitative estimate of drug-likeness (QED) is 0.821. The summed E-state index contributed by atoms with van der Waals surface area (Å²) in [5, 5.41) is 10.2. The van der Waals surface area contributed by atoms with Gasteiger partial charge in [-0.25, -0.2) is 4.79 Å². The predicted molar refractivity (Wildman–Crippen MR) is 71.5 cm³/mol. The van der Waals surface area contributed by atoms with Gasteiger partial charge in [-0.15, -0.1) is 0 Å². The number of carbonyl (C=O) groups is 1. The highest BCUT2D eigenvalue weighted by Gasteiger charge is 2.19. The summed E-state index contributed by atoms with van der Waals surface area (Å²) >= 11 is 0. The zero-order valence-electron chi connectivity index (χ0n) is 10.3. The van der Waals surface area contributed by atoms with E-state index in [1.54, 1.807) is 0 Å². The molecule has 0 saturated carbocycles. The Morgan fingerprint density at radius 3 is 3.00 bits per heavy atom. The average Bonchev–Trinajstić information content (AvgIpc) is 2.72. The molecule has 1 aliphatic carbocycles. The van der Waals surface area contributed by atoms with Crippen molar-refractivity contribution in [3.63, 3.8) is 0 Å². The van der Waals surface area contributed by atoms with Crippen LogP contribution in [0, 0.1) is 0 Å². The van der Waals surface area contributed by atoms with Crippen molar-refractivity contribution in [3.05, 3.63) is 41.6 Å². The monoisotopic (exact) mass is 241 g/mol. The smallest absolute Gasteiger partial charge is 0.328 e. The molecule has 0 aliphatic heterocycles. The molecule has 1 aliphatic rings. The number of aryl methyl sites for hydroxylation is 2. The van der Waals surface area contributed by atoms with E-state index in [0.29, 0.717) is 0 Å². The molecule has 18 heavy (non-hydrogen) atoms. The van der Waals surface area contributed by atoms with E-state index in [0.717, 1.165) is 30.5 Å². The van der Waals surface area contributed by atoms with E-state index < -0.39 is 5.97 Å². The van der Waals surface area contributed by atoms with Crippen molar-refractivity contribution < 1.29 is 9.90 Å². The Hall–Kier alpha value is -2.03. The van der Waals surface area contributed by atoms with E-state index >= 15 is 0 Å². The number of aromatic nitrogens is 1. The maximum atomic E-state index is 10.9. The third-order valence-corrected chi connectivity index (χ3v) is 3.63. The fourth-order valence-electron chi connectivity index (χ4n) is 2.86. The minimum absolute atomic E-state index is 0.812. The molecular formula is C15H15NO2. The van der Waals surface area contributed by atoms with Gasteiger partial charge in [0.2, 0.25) is 0 Å². The van der Waals surface area contributed by atoms with E-state index in [9.17, 15) is 4.79 Å². The van der Waals surface area contributed by atoms with Crippen molar-refractivity contribution in [1.82, 2.24) is 4.57 Å². The average molecular weight is 241 g/mol. The molecule has 3 heteroatoms. The van der Waals surface area contributed by atoms with Gasteiger partial charge in [0.25, 0.3) is 0 Å². The minimum atomic E-state index is -0.861. The van der Waals surface area contributed by atoms with Gasteiger partial charge < -0.3 is 9.67 Å². The second-order valence-corrected chi connectivity index (χ2v) is 4.65. The number of rotatable bonds is 2. The van der Waals surface area contributed by atoms with Crippen LogP contribution in [0.5, 0.6) is 0 Å². The van der Waals surface area contributed by atoms with Gasteiger partial charge in [0.15, 0.2) is 0 Å². The lowest BCUT2D eigenvalue weighted by Gasteiger charge is -2.15. The Labute approximate surface area is 105 Å². The second-order valence-electron chi connectivity index (χ2n) is 4.65. The molecule has 92 valence electrons. The summed E-state index contributed by atoms with van der Waals surface area (Å²) in [4.78, 5) is 10.9. The SMILES string of the molecule is CCn1cc2c3c(cccc31)/C(=C/C(=O)O)CC2. The van der Waals surface area contributed by atoms with Crippen LogP contribution in [-0.4, -0.2) is 15.6 Å². The van der Waals surface area contributed by atoms with E-state index in [1.807, 2.05) is 12.1 Å². The first-order valence-corrected chi connectivity index (χ1v) is 6.25. The molecule has 1 aromatic carbocycles. The van der Waals surface area contributed by atoms with Gasteiger partial charge in [-0.2, -0.15) is 0 Å². The Balaban J connectivity index is 2.31. The summed E-state index contributed by atoms with van der Waals surface area (Å²) in [7, 11) is 0. The Morgan fingerprint density at radius 2 is 2.28 bits per heavy atom. The zero-order valence-corrected chi connectivity index (χ0v) is 10.3. The number of carboxylic acid groups (broad SMARTS) is 1. The van der Waals surface area contributed by atoms with Crippen LogP contribution < -0.4 is 0 Å². The Kier molecular flexibility index (Phi) is 2.47. The van der Waals surface area contributed by atoms with Gasteiger partial charge in [-0.05, 0) is 42.5 Å². The highest BCUT2D eigenvalue weighted by atomic mass is 16.4. The lowest BCUT2D eigenvalue weighted by atomic mass is 9.88. The number of hydrogen-bond donors (Lipinski definition) is 1. The molecule has 0 radical (unpaired) electrons. The van der Waals surface area contributed by atoms with Crippen LogP contribution in [-0.2, 0) is 17.8 Å². The topological polar surface area (TPSA) is 42.2 Å². The number of aliphatic carboxylic acids is 1. The summed E-state index contributed by atoms with van der Waals surface area (Å²) in [5.74, 6) is -0.861. The first-order valence-electron chi connectivity index (χ1n) is 6.25. The number of nitrogens with zero attached hydrogens (tertiary/aromatic N) is 1. The molecule has 1 heterocycles. The minimum Gasteiger partial charge on any atom is -0.478 e. The summed E-state index contributed by atoms with van der Waals surface area (Å²) in [6, 6.07) is 6.14. The lowest BCUT2D eigenvalue weighted by Crippen LogP contribution is -2.00. The molecule has 0 bridgehead atoms. The molecule has 0 saturated heterocycles. The highest BCUT2D eigenvalue weighted by molar-refractivity contribution is 6.01. The van der Waals surface area contributed by atoms with Gasteiger partial charge >= 0.3 is 5.97 Å². The molecule has 0 amide bonds. The number of benzene rings is 1. The van der Waals surface area contributed by atoms with Gasteiger partial charge in [0.05, 0.1) is 0 Å². The predicted octanol–water partition coefficient (Wildman–Crippen LogP) is 3.08. The fourth-order valence-corrected chi connectivity index (χ4v) is 2.86. The van der Waals surface area contributed by atoms with Crippen molar-refractivity contribution in [1.29, 1.82) is 0 Å². The largest absolute Gasteiger partial charge is 0.478 e. The van der Waals surface area contributed by atoms with E-state index in [4.69, 9.17) is 5.11 Å². The summed E-state index contributed by atoms with van der Waals surface area (Å²) in [6.07, 6.45) is 5.29. The molecule has 1 aromatic heterocycles. The number of allylic oxidation sites excluding steroid dienone is 1. The number of carboxylic acids is 1. The van der Waals surface area contributed by atoms with Crippen molar-refractivity contribution >= 4 is 22.4 Å². The second kappa shape index (κ2) is 4.02. The van der Waals surface area contributed by atoms with Gasteiger partial charge in [-0.1, -0.05) is 12.1 Å². The van der Waals surface area contributed by atoms with Gasteiger partial charge in [-0.3, -0.25) is 0 Å². The van der Waals surface area contributed by atoms with Gasteiger partial charge in [0.1, 0.15) is 0 Å². The third kappa shape index (κ3) is 1.55. The normalized spacial score (nSPS) is 16.4. The van der Waals surface area contributed by atoms with Crippen LogP contribution in [0.15, 0.2) is 30.5 Å². The molecular weight excluding hydrogens is 226 g/mol. The van der Waals surface area contributed by atoms with Crippen LogP contribution in [0.1, 0.15) is 24.5 Å². The van der Waals surface area contributed by atoms with Crippen molar-refractivity contribution in [2.24, 2.45) is 0 Å². The molecule has 3 rings (SSSR count). The molecule has 2 aromatic rings. The van der Waals surface area contributed by atoms with Crippen LogP contribution in [0.25, 0.3) is 16.5 Å². The van der Waals surface area contributed by atoms with E-state index in [2.05, 4.69) is 23.8 Å². The van der Waals surface area contributed by atoms with Crippen LogP contribution in [0.4, 0.5) is 0 Å². The first-order chi connectivity index (χ1) is 8.70. The molecule has 1 N–H and O–H groups in total. The molecule has 0 unspecified atom stereocenters. The van der Waals surface area contributed by atoms with E-state index in [1.165, 1.54) is 22.5 Å².